The molecule has 0 saturated carbocycles. The first kappa shape index (κ1) is 4.49. The van der Waals surface area contributed by atoms with Gasteiger partial charge in [-0.15, -0.1) is 0 Å². The molecule has 4 heteroatoms. The summed E-state index contributed by atoms with van der Waals surface area (Å²) in [5.74, 6) is 0. The van der Waals surface area contributed by atoms with E-state index in [0.29, 0.717) is 10.4 Å². The lowest BCUT2D eigenvalue weighted by atomic mass is 11.3. The van der Waals surface area contributed by atoms with Crippen molar-refractivity contribution in [3.05, 3.63) is 0 Å². The van der Waals surface area contributed by atoms with Gasteiger partial charge in [-0.2, -0.15) is 0 Å². The molecule has 0 aromatic carbocycles. The Bertz CT molecular complexity index is 44.9. The standard InChI is InChI=1S/CH5NO2Si/c3-1(4)2-5/h2H,5H3,(H,3,4). The highest BCUT2D eigenvalue weighted by atomic mass is 28.2. The summed E-state index contributed by atoms with van der Waals surface area (Å²) >= 11 is 0. The number of hydrogen-bond donors (Lipinski definition) is 2. The Morgan fingerprint density at radius 3 is 2.20 bits per heavy atom. The van der Waals surface area contributed by atoms with Crippen LogP contribution in [0.4, 0.5) is 4.79 Å². The Hall–Kier alpha value is -0.513. The molecule has 0 aliphatic carbocycles. The van der Waals surface area contributed by atoms with Crippen molar-refractivity contribution in [2.24, 2.45) is 0 Å². The van der Waals surface area contributed by atoms with Gasteiger partial charge in [-0.25, -0.2) is 4.79 Å². The lowest BCUT2D eigenvalue weighted by Gasteiger charge is -1.79. The fraction of sp³-hybridized carbons (Fsp3) is 0. The third kappa shape index (κ3) is 3.49. The summed E-state index contributed by atoms with van der Waals surface area (Å²) in [5, 5.41) is 7.65. The van der Waals surface area contributed by atoms with Gasteiger partial charge in [-0.3, -0.25) is 0 Å². The third-order valence-corrected chi connectivity index (χ3v) is 0.642. The highest BCUT2D eigenvalue weighted by Crippen LogP contribution is 1.44. The Morgan fingerprint density at radius 2 is 2.20 bits per heavy atom. The smallest absolute Gasteiger partial charge is 0.395 e. The molecule has 0 atom stereocenters. The summed E-state index contributed by atoms with van der Waals surface area (Å²) < 4.78 is 0. The Kier molecular flexibility index (Phi) is 1.59. The summed E-state index contributed by atoms with van der Waals surface area (Å²) in [6, 6.07) is 0. The molecule has 0 heterocycles. The first-order valence-electron chi connectivity index (χ1n) is 1.18. The van der Waals surface area contributed by atoms with Crippen molar-refractivity contribution in [2.75, 3.05) is 0 Å². The van der Waals surface area contributed by atoms with E-state index in [0.717, 1.165) is 0 Å². The van der Waals surface area contributed by atoms with Gasteiger partial charge in [-0.1, -0.05) is 0 Å². The van der Waals surface area contributed by atoms with Crippen LogP contribution in [-0.4, -0.2) is 21.6 Å². The minimum atomic E-state index is -0.934. The fourth-order valence-corrected chi connectivity index (χ4v) is 0. The Morgan fingerprint density at radius 1 is 2.00 bits per heavy atom. The van der Waals surface area contributed by atoms with Crippen LogP contribution < -0.4 is 4.98 Å². The van der Waals surface area contributed by atoms with Crippen LogP contribution in [0.1, 0.15) is 0 Å². The highest BCUT2D eigenvalue weighted by Gasteiger charge is 1.76. The predicted molar refractivity (Wildman–Crippen MR) is 21.1 cm³/mol. The fourth-order valence-electron chi connectivity index (χ4n) is 0. The van der Waals surface area contributed by atoms with Gasteiger partial charge in [0.1, 0.15) is 10.4 Å². The molecule has 0 unspecified atom stereocenters. The van der Waals surface area contributed by atoms with E-state index in [1.807, 2.05) is 0 Å². The van der Waals surface area contributed by atoms with Crippen molar-refractivity contribution in [1.29, 1.82) is 0 Å². The van der Waals surface area contributed by atoms with Crippen molar-refractivity contribution in [3.63, 3.8) is 0 Å². The van der Waals surface area contributed by atoms with Crippen LogP contribution >= 0.6 is 0 Å². The van der Waals surface area contributed by atoms with Crippen molar-refractivity contribution < 1.29 is 9.90 Å². The van der Waals surface area contributed by atoms with Crippen LogP contribution in [0.2, 0.25) is 0 Å². The van der Waals surface area contributed by atoms with E-state index in [-0.39, 0.29) is 0 Å². The molecular formula is CH5NO2Si. The average molecular weight is 91.1 g/mol. The molecule has 5 heavy (non-hydrogen) atoms. The van der Waals surface area contributed by atoms with Gasteiger partial charge >= 0.3 is 6.09 Å². The summed E-state index contributed by atoms with van der Waals surface area (Å²) in [5.41, 5.74) is 0. The number of hydrogen-bond acceptors (Lipinski definition) is 1. The number of amides is 1. The van der Waals surface area contributed by atoms with Crippen LogP contribution in [0.3, 0.4) is 0 Å². The van der Waals surface area contributed by atoms with Crippen molar-refractivity contribution in [2.45, 2.75) is 0 Å². The number of nitrogens with one attached hydrogen (secondary N) is 1. The molecule has 0 aliphatic rings. The van der Waals surface area contributed by atoms with Crippen molar-refractivity contribution in [3.8, 4) is 0 Å². The molecule has 3 nitrogen and oxygen atoms in total. The zero-order valence-electron chi connectivity index (χ0n) is 2.86. The molecule has 0 bridgehead atoms. The summed E-state index contributed by atoms with van der Waals surface area (Å²) in [6.07, 6.45) is -0.934. The van der Waals surface area contributed by atoms with E-state index < -0.39 is 6.09 Å². The third-order valence-electron chi connectivity index (χ3n) is 0.214. The van der Waals surface area contributed by atoms with E-state index in [2.05, 4.69) is 4.98 Å². The first-order valence-corrected chi connectivity index (χ1v) is 2.18. The lowest BCUT2D eigenvalue weighted by molar-refractivity contribution is 0.201. The van der Waals surface area contributed by atoms with Gasteiger partial charge in [0.2, 0.25) is 0 Å². The van der Waals surface area contributed by atoms with Crippen molar-refractivity contribution >= 4 is 16.5 Å². The van der Waals surface area contributed by atoms with Crippen LogP contribution in [0.25, 0.3) is 0 Å². The van der Waals surface area contributed by atoms with Gasteiger partial charge in [0.05, 0.1) is 0 Å². The van der Waals surface area contributed by atoms with Crippen LogP contribution in [-0.2, 0) is 0 Å². The summed E-state index contributed by atoms with van der Waals surface area (Å²) in [7, 11) is 0.524. The quantitative estimate of drug-likeness (QED) is 0.358. The maximum Gasteiger partial charge on any atom is 0.395 e. The second kappa shape index (κ2) is 1.77. The minimum absolute atomic E-state index is 0.524. The lowest BCUT2D eigenvalue weighted by Crippen LogP contribution is -2.15. The second-order valence-corrected chi connectivity index (χ2v) is 1.06. The molecule has 0 rings (SSSR count). The molecule has 0 saturated heterocycles. The van der Waals surface area contributed by atoms with Crippen LogP contribution in [0.5, 0.6) is 0 Å². The van der Waals surface area contributed by atoms with E-state index in [4.69, 9.17) is 5.11 Å². The minimum Gasteiger partial charge on any atom is -0.466 e. The van der Waals surface area contributed by atoms with Crippen LogP contribution in [0.15, 0.2) is 0 Å². The molecule has 0 aromatic heterocycles. The molecular weight excluding hydrogens is 86.1 g/mol. The van der Waals surface area contributed by atoms with Gasteiger partial charge in [-0.05, 0) is 0 Å². The first-order chi connectivity index (χ1) is 2.27. The maximum absolute atomic E-state index is 9.29. The molecule has 0 spiro atoms. The van der Waals surface area contributed by atoms with Gasteiger partial charge in [0.25, 0.3) is 0 Å². The Balaban J connectivity index is 2.85. The predicted octanol–water partition coefficient (Wildman–Crippen LogP) is -1.47. The maximum atomic E-state index is 9.29. The molecule has 0 fully saturated rings. The van der Waals surface area contributed by atoms with Gasteiger partial charge in [0, 0.05) is 0 Å². The molecule has 30 valence electrons. The van der Waals surface area contributed by atoms with Crippen LogP contribution in [0, 0.1) is 0 Å². The number of carbonyl (C=O) groups is 1. The normalized spacial score (nSPS) is 7.20. The molecule has 1 amide bonds. The largest absolute Gasteiger partial charge is 0.466 e. The zero-order chi connectivity index (χ0) is 4.28. The molecule has 0 aromatic rings. The summed E-state index contributed by atoms with van der Waals surface area (Å²) in [4.78, 5) is 11.4. The van der Waals surface area contributed by atoms with E-state index >= 15 is 0 Å². The van der Waals surface area contributed by atoms with Gasteiger partial charge < -0.3 is 10.1 Å². The highest BCUT2D eigenvalue weighted by molar-refractivity contribution is 6.12. The van der Waals surface area contributed by atoms with Gasteiger partial charge in [0.15, 0.2) is 0 Å². The van der Waals surface area contributed by atoms with E-state index in [1.165, 1.54) is 0 Å². The molecule has 2 N–H and O–H groups in total. The Labute approximate surface area is 32.5 Å². The monoisotopic (exact) mass is 91.0 g/mol. The van der Waals surface area contributed by atoms with E-state index in [1.54, 1.807) is 0 Å². The summed E-state index contributed by atoms with van der Waals surface area (Å²) in [6.45, 7) is 0. The topological polar surface area (TPSA) is 49.3 Å². The van der Waals surface area contributed by atoms with Crippen molar-refractivity contribution in [1.82, 2.24) is 4.98 Å². The molecule has 0 radical (unpaired) electrons. The number of rotatable bonds is 0. The second-order valence-electron chi connectivity index (χ2n) is 0.555. The number of carboxylic acid groups (broad SMARTS) is 1. The average Bonchev–Trinajstić information content (AvgIpc) is 1.38. The SMILES string of the molecule is O=C(O)N[SiH3]. The zero-order valence-corrected chi connectivity index (χ0v) is 4.86. The molecule has 0 aliphatic heterocycles. The van der Waals surface area contributed by atoms with E-state index in [9.17, 15) is 4.79 Å².